The molecule has 3 aromatic carbocycles. The number of halogens is 1. The highest BCUT2D eigenvalue weighted by atomic mass is 35.5. The van der Waals surface area contributed by atoms with Gasteiger partial charge in [-0.15, -0.1) is 0 Å². The first kappa shape index (κ1) is 34.5. The lowest BCUT2D eigenvalue weighted by Crippen LogP contribution is -2.44. The van der Waals surface area contributed by atoms with Crippen molar-refractivity contribution in [3.05, 3.63) is 111 Å². The van der Waals surface area contributed by atoms with Gasteiger partial charge in [0.15, 0.2) is 29.7 Å². The van der Waals surface area contributed by atoms with Gasteiger partial charge in [-0.25, -0.2) is 0 Å². The molecule has 0 bridgehead atoms. The molecule has 3 aliphatic rings. The summed E-state index contributed by atoms with van der Waals surface area (Å²) in [5, 5.41) is 3.39. The number of benzene rings is 3. The number of nitrogens with zero attached hydrogens (tertiary/aromatic N) is 1. The van der Waals surface area contributed by atoms with E-state index < -0.39 is 5.92 Å². The highest BCUT2D eigenvalue weighted by molar-refractivity contribution is 6.31. The first-order chi connectivity index (χ1) is 23.2. The van der Waals surface area contributed by atoms with Gasteiger partial charge in [0, 0.05) is 58.6 Å². The van der Waals surface area contributed by atoms with E-state index in [0.717, 1.165) is 40.9 Å². The van der Waals surface area contributed by atoms with Crippen LogP contribution in [0.3, 0.4) is 0 Å². The van der Waals surface area contributed by atoms with Crippen molar-refractivity contribution in [3.8, 4) is 11.5 Å². The smallest absolute Gasteiger partial charge is 0.262 e. The number of amides is 1. The van der Waals surface area contributed by atoms with E-state index >= 15 is 0 Å². The summed E-state index contributed by atoms with van der Waals surface area (Å²) in [4.78, 5) is 43.6. The molecule has 1 aliphatic heterocycles. The summed E-state index contributed by atoms with van der Waals surface area (Å²) in [6, 6.07) is 21.1. The number of ether oxygens (including phenoxy) is 2. The fraction of sp³-hybridized carbons (Fsp3) is 0.390. The van der Waals surface area contributed by atoms with E-state index in [9.17, 15) is 14.4 Å². The number of rotatable bonds is 9. The number of aryl methyl sites for hydroxylation is 1. The lowest BCUT2D eigenvalue weighted by atomic mass is 9.63. The first-order valence-electron chi connectivity index (χ1n) is 17.0. The van der Waals surface area contributed by atoms with E-state index in [1.165, 1.54) is 0 Å². The molecule has 1 N–H and O–H groups in total. The third-order valence-electron chi connectivity index (χ3n) is 9.62. The summed E-state index contributed by atoms with van der Waals surface area (Å²) in [7, 11) is 0. The Bertz CT molecular complexity index is 1820. The zero-order valence-electron chi connectivity index (χ0n) is 29.2. The van der Waals surface area contributed by atoms with E-state index in [1.807, 2.05) is 50.2 Å². The number of allylic oxidation sites excluding steroid dienone is 4. The van der Waals surface area contributed by atoms with Gasteiger partial charge in [-0.3, -0.25) is 14.4 Å². The highest BCUT2D eigenvalue weighted by Gasteiger charge is 2.49. The number of hydrogen-bond acceptors (Lipinski definition) is 6. The van der Waals surface area contributed by atoms with Crippen molar-refractivity contribution in [1.82, 2.24) is 4.90 Å². The van der Waals surface area contributed by atoms with Crippen LogP contribution in [0.5, 0.6) is 11.5 Å². The summed E-state index contributed by atoms with van der Waals surface area (Å²) in [5.41, 5.74) is 6.40. The molecule has 1 heterocycles. The molecule has 0 unspecified atom stereocenters. The minimum atomic E-state index is -0.521. The van der Waals surface area contributed by atoms with Crippen molar-refractivity contribution in [1.29, 1.82) is 0 Å². The quantitative estimate of drug-likeness (QED) is 0.243. The van der Waals surface area contributed by atoms with Crippen LogP contribution in [0.2, 0.25) is 5.02 Å². The molecule has 7 nitrogen and oxygen atoms in total. The number of hydrogen-bond donors (Lipinski definition) is 1. The van der Waals surface area contributed by atoms with Crippen molar-refractivity contribution in [2.75, 3.05) is 18.5 Å². The molecule has 0 aromatic heterocycles. The molecule has 3 aromatic rings. The minimum Gasteiger partial charge on any atom is -0.490 e. The van der Waals surface area contributed by atoms with Crippen LogP contribution >= 0.6 is 11.6 Å². The molecule has 0 saturated heterocycles. The normalized spacial score (nSPS) is 18.6. The average Bonchev–Trinajstić information content (AvgIpc) is 3.02. The maximum atomic E-state index is 14.3. The molecule has 6 rings (SSSR count). The molecular formula is C41H45ClN2O5. The fourth-order valence-electron chi connectivity index (χ4n) is 7.44. The minimum absolute atomic E-state index is 0.0738. The monoisotopic (exact) mass is 680 g/mol. The number of Topliss-reactive ketones (excluding diaryl/α,β-unsaturated/α-hetero) is 2. The largest absolute Gasteiger partial charge is 0.490 e. The van der Waals surface area contributed by atoms with Gasteiger partial charge in [0.1, 0.15) is 0 Å². The Morgan fingerprint density at radius 2 is 1.47 bits per heavy atom. The molecule has 8 heteroatoms. The van der Waals surface area contributed by atoms with Crippen molar-refractivity contribution in [2.24, 2.45) is 10.8 Å². The number of nitrogens with one attached hydrogen (secondary N) is 1. The van der Waals surface area contributed by atoms with Crippen LogP contribution in [0.4, 0.5) is 5.69 Å². The predicted molar refractivity (Wildman–Crippen MR) is 193 cm³/mol. The van der Waals surface area contributed by atoms with Crippen molar-refractivity contribution >= 4 is 34.8 Å². The third kappa shape index (κ3) is 7.32. The summed E-state index contributed by atoms with van der Waals surface area (Å²) in [5.74, 6) is 0.142. The van der Waals surface area contributed by atoms with Crippen LogP contribution in [-0.4, -0.2) is 35.6 Å². The number of carbonyl (C=O) groups is 3. The lowest BCUT2D eigenvalue weighted by Gasteiger charge is -2.49. The summed E-state index contributed by atoms with van der Waals surface area (Å²) in [6.45, 7) is 13.1. The molecule has 0 spiro atoms. The van der Waals surface area contributed by atoms with E-state index in [4.69, 9.17) is 21.1 Å². The van der Waals surface area contributed by atoms with E-state index in [1.54, 1.807) is 18.2 Å². The van der Waals surface area contributed by atoms with E-state index in [2.05, 4.69) is 50.0 Å². The van der Waals surface area contributed by atoms with E-state index in [-0.39, 0.29) is 34.9 Å². The van der Waals surface area contributed by atoms with Gasteiger partial charge in [-0.05, 0) is 78.5 Å². The number of carbonyl (C=O) groups excluding carboxylic acids is 3. The van der Waals surface area contributed by atoms with Gasteiger partial charge in [0.25, 0.3) is 5.91 Å². The maximum absolute atomic E-state index is 14.3. The van der Waals surface area contributed by atoms with Gasteiger partial charge < -0.3 is 19.7 Å². The zero-order chi connectivity index (χ0) is 35.1. The molecule has 0 radical (unpaired) electrons. The molecule has 0 fully saturated rings. The summed E-state index contributed by atoms with van der Waals surface area (Å²) < 4.78 is 12.0. The van der Waals surface area contributed by atoms with Gasteiger partial charge in [0.2, 0.25) is 0 Å². The van der Waals surface area contributed by atoms with Gasteiger partial charge >= 0.3 is 0 Å². The second-order valence-corrected chi connectivity index (χ2v) is 15.5. The predicted octanol–water partition coefficient (Wildman–Crippen LogP) is 8.95. The molecule has 49 heavy (non-hydrogen) atoms. The van der Waals surface area contributed by atoms with Crippen LogP contribution in [0.15, 0.2) is 89.3 Å². The SMILES string of the molecule is CCOc1cc(C2C3=C(CC(C)(C)CC3=O)N(Cc3ccccc3)C3=C2C(=O)CC(C)(C)C3)ccc1OCC(=O)Nc1ccc(C)c(Cl)c1. The van der Waals surface area contributed by atoms with Crippen molar-refractivity contribution in [2.45, 2.75) is 79.7 Å². The summed E-state index contributed by atoms with van der Waals surface area (Å²) in [6.07, 6.45) is 2.27. The molecule has 256 valence electrons. The Kier molecular flexibility index (Phi) is 9.51. The van der Waals surface area contributed by atoms with E-state index in [0.29, 0.717) is 59.3 Å². The Morgan fingerprint density at radius 3 is 2.06 bits per heavy atom. The Balaban J connectivity index is 1.39. The van der Waals surface area contributed by atoms with Crippen molar-refractivity contribution < 1.29 is 23.9 Å². The van der Waals surface area contributed by atoms with Crippen molar-refractivity contribution in [3.63, 3.8) is 0 Å². The maximum Gasteiger partial charge on any atom is 0.262 e. The van der Waals surface area contributed by atoms with Crippen LogP contribution in [-0.2, 0) is 20.9 Å². The number of anilines is 1. The van der Waals surface area contributed by atoms with Gasteiger partial charge in [0.05, 0.1) is 6.61 Å². The second kappa shape index (κ2) is 13.5. The standard InChI is InChI=1S/C41H45ClN2O5/c1-7-48-35-17-27(14-16-34(35)49-24-36(47)43-28-15-13-25(2)29(42)18-28)37-38-30(19-40(3,4)21-32(38)45)44(23-26-11-9-8-10-12-26)31-20-41(5,6)22-33(46)39(31)37/h8-18,37H,7,19-24H2,1-6H3,(H,43,47). The Hall–Kier alpha value is -4.36. The van der Waals surface area contributed by atoms with Crippen LogP contribution in [0, 0.1) is 17.8 Å². The number of ketones is 2. The van der Waals surface area contributed by atoms with Crippen LogP contribution in [0.25, 0.3) is 0 Å². The molecule has 0 saturated carbocycles. The van der Waals surface area contributed by atoms with Crippen LogP contribution < -0.4 is 14.8 Å². The van der Waals surface area contributed by atoms with Gasteiger partial charge in [-0.2, -0.15) is 0 Å². The molecule has 0 atom stereocenters. The highest BCUT2D eigenvalue weighted by Crippen LogP contribution is 2.55. The average molecular weight is 681 g/mol. The molecule has 1 amide bonds. The fourth-order valence-corrected chi connectivity index (χ4v) is 7.62. The second-order valence-electron chi connectivity index (χ2n) is 15.0. The first-order valence-corrected chi connectivity index (χ1v) is 17.4. The topological polar surface area (TPSA) is 84.9 Å². The lowest BCUT2D eigenvalue weighted by molar-refractivity contribution is -0.120. The Morgan fingerprint density at radius 1 is 0.837 bits per heavy atom. The third-order valence-corrected chi connectivity index (χ3v) is 10.0. The van der Waals surface area contributed by atoms with Gasteiger partial charge in [-0.1, -0.05) is 81.8 Å². The summed E-state index contributed by atoms with van der Waals surface area (Å²) >= 11 is 6.23. The molecule has 2 aliphatic carbocycles. The Labute approximate surface area is 294 Å². The van der Waals surface area contributed by atoms with Crippen LogP contribution in [0.1, 0.15) is 82.9 Å². The molecular weight excluding hydrogens is 636 g/mol. The zero-order valence-corrected chi connectivity index (χ0v) is 30.0.